The van der Waals surface area contributed by atoms with E-state index in [2.05, 4.69) is 43.9 Å². The Morgan fingerprint density at radius 3 is 2.23 bits per heavy atom. The van der Waals surface area contributed by atoms with E-state index in [9.17, 15) is 4.79 Å². The lowest BCUT2D eigenvalue weighted by Gasteiger charge is -2.06. The molecule has 0 fully saturated rings. The first-order chi connectivity index (χ1) is 12.6. The van der Waals surface area contributed by atoms with Gasteiger partial charge in [0.2, 0.25) is 5.78 Å². The predicted octanol–water partition coefficient (Wildman–Crippen LogP) is 5.16. The van der Waals surface area contributed by atoms with Gasteiger partial charge in [0.1, 0.15) is 0 Å². The number of benzene rings is 1. The molecule has 0 aliphatic carbocycles. The first-order valence-electron chi connectivity index (χ1n) is 9.58. The number of hydrogen-bond acceptors (Lipinski definition) is 1. The summed E-state index contributed by atoms with van der Waals surface area (Å²) in [6, 6.07) is 9.50. The Morgan fingerprint density at radius 1 is 0.923 bits per heavy atom. The number of aromatic nitrogens is 2. The molecular formula is C23H28N2O. The van der Waals surface area contributed by atoms with Gasteiger partial charge in [0.05, 0.1) is 5.69 Å². The minimum atomic E-state index is 0.0699. The van der Waals surface area contributed by atoms with Gasteiger partial charge in [-0.05, 0) is 48.4 Å². The van der Waals surface area contributed by atoms with Crippen LogP contribution in [0, 0.1) is 6.92 Å². The van der Waals surface area contributed by atoms with Crippen molar-refractivity contribution in [2.75, 3.05) is 0 Å². The van der Waals surface area contributed by atoms with Crippen LogP contribution in [0.3, 0.4) is 0 Å². The van der Waals surface area contributed by atoms with Gasteiger partial charge in [0.25, 0.3) is 0 Å². The summed E-state index contributed by atoms with van der Waals surface area (Å²) < 4.78 is 0. The van der Waals surface area contributed by atoms with Gasteiger partial charge in [0, 0.05) is 29.6 Å². The minimum Gasteiger partial charge on any atom is -0.364 e. The minimum absolute atomic E-state index is 0.0699. The molecule has 0 unspecified atom stereocenters. The maximum Gasteiger partial charge on any atom is 0.209 e. The zero-order valence-electron chi connectivity index (χ0n) is 16.2. The van der Waals surface area contributed by atoms with Crippen LogP contribution in [-0.2, 0) is 25.7 Å². The highest BCUT2D eigenvalue weighted by Crippen LogP contribution is 2.26. The molecule has 0 aliphatic heterocycles. The average Bonchev–Trinajstić information content (AvgIpc) is 3.21. The Hall–Kier alpha value is -2.55. The van der Waals surface area contributed by atoms with Crippen LogP contribution in [0.1, 0.15) is 70.5 Å². The molecule has 3 heteroatoms. The van der Waals surface area contributed by atoms with Crippen LogP contribution in [-0.4, -0.2) is 15.8 Å². The van der Waals surface area contributed by atoms with Crippen molar-refractivity contribution in [3.63, 3.8) is 0 Å². The molecule has 2 N–H and O–H groups in total. The molecule has 0 saturated heterocycles. The van der Waals surface area contributed by atoms with E-state index < -0.39 is 0 Å². The smallest absolute Gasteiger partial charge is 0.209 e. The normalized spacial score (nSPS) is 11.1. The van der Waals surface area contributed by atoms with E-state index in [1.54, 1.807) is 0 Å². The number of aryl methyl sites for hydroxylation is 1. The molecule has 3 nitrogen and oxygen atoms in total. The standard InChI is InChI=1S/C23H28N2O/c1-5-16-14-24-20(19(16)7-3)13-21-18(6-2)15(4)22(25-21)23(26)17-11-9-8-10-12-17/h8-12,14,24-25H,5-7,13H2,1-4H3. The van der Waals surface area contributed by atoms with Gasteiger partial charge >= 0.3 is 0 Å². The molecular weight excluding hydrogens is 320 g/mol. The van der Waals surface area contributed by atoms with Crippen molar-refractivity contribution in [3.8, 4) is 0 Å². The van der Waals surface area contributed by atoms with Crippen molar-refractivity contribution in [1.82, 2.24) is 9.97 Å². The first kappa shape index (κ1) is 18.2. The van der Waals surface area contributed by atoms with Gasteiger partial charge in [-0.2, -0.15) is 0 Å². The Bertz CT molecular complexity index is 900. The van der Waals surface area contributed by atoms with E-state index in [0.717, 1.165) is 48.2 Å². The molecule has 26 heavy (non-hydrogen) atoms. The number of ketones is 1. The van der Waals surface area contributed by atoms with Gasteiger partial charge in [-0.25, -0.2) is 0 Å². The van der Waals surface area contributed by atoms with Gasteiger partial charge in [-0.3, -0.25) is 4.79 Å². The molecule has 3 rings (SSSR count). The molecule has 0 radical (unpaired) electrons. The van der Waals surface area contributed by atoms with Crippen LogP contribution in [0.4, 0.5) is 0 Å². The summed E-state index contributed by atoms with van der Waals surface area (Å²) in [6.45, 7) is 8.61. The second-order valence-electron chi connectivity index (χ2n) is 6.79. The Kier molecular flexibility index (Phi) is 5.46. The fourth-order valence-corrected chi connectivity index (χ4v) is 3.92. The molecule has 3 aromatic rings. The van der Waals surface area contributed by atoms with Gasteiger partial charge in [-0.1, -0.05) is 51.1 Å². The van der Waals surface area contributed by atoms with Crippen LogP contribution in [0.25, 0.3) is 0 Å². The Morgan fingerprint density at radius 2 is 1.62 bits per heavy atom. The summed E-state index contributed by atoms with van der Waals surface area (Å²) in [7, 11) is 0. The molecule has 0 spiro atoms. The van der Waals surface area contributed by atoms with E-state index in [1.165, 1.54) is 22.4 Å². The maximum absolute atomic E-state index is 12.9. The third-order valence-corrected chi connectivity index (χ3v) is 5.34. The van der Waals surface area contributed by atoms with Crippen molar-refractivity contribution in [2.24, 2.45) is 0 Å². The third-order valence-electron chi connectivity index (χ3n) is 5.34. The van der Waals surface area contributed by atoms with Crippen LogP contribution < -0.4 is 0 Å². The molecule has 0 bridgehead atoms. The van der Waals surface area contributed by atoms with Crippen molar-refractivity contribution in [1.29, 1.82) is 0 Å². The molecule has 0 aliphatic rings. The molecule has 136 valence electrons. The highest BCUT2D eigenvalue weighted by Gasteiger charge is 2.20. The van der Waals surface area contributed by atoms with E-state index in [0.29, 0.717) is 0 Å². The zero-order chi connectivity index (χ0) is 18.7. The summed E-state index contributed by atoms with van der Waals surface area (Å²) in [4.78, 5) is 19.9. The zero-order valence-corrected chi connectivity index (χ0v) is 16.2. The average molecular weight is 348 g/mol. The number of aromatic amines is 2. The van der Waals surface area contributed by atoms with E-state index >= 15 is 0 Å². The predicted molar refractivity (Wildman–Crippen MR) is 107 cm³/mol. The van der Waals surface area contributed by atoms with E-state index in [-0.39, 0.29) is 5.78 Å². The van der Waals surface area contributed by atoms with Crippen LogP contribution >= 0.6 is 0 Å². The van der Waals surface area contributed by atoms with Gasteiger partial charge in [-0.15, -0.1) is 0 Å². The highest BCUT2D eigenvalue weighted by molar-refractivity contribution is 6.09. The van der Waals surface area contributed by atoms with Gasteiger partial charge in [0.15, 0.2) is 0 Å². The van der Waals surface area contributed by atoms with E-state index in [4.69, 9.17) is 0 Å². The second-order valence-corrected chi connectivity index (χ2v) is 6.79. The van der Waals surface area contributed by atoms with Crippen molar-refractivity contribution < 1.29 is 4.79 Å². The van der Waals surface area contributed by atoms with Gasteiger partial charge < -0.3 is 9.97 Å². The molecule has 2 aromatic heterocycles. The number of H-pyrrole nitrogens is 2. The molecule has 0 atom stereocenters. The third kappa shape index (κ3) is 3.26. The van der Waals surface area contributed by atoms with Crippen LogP contribution in [0.15, 0.2) is 36.5 Å². The SMILES string of the molecule is CCc1c[nH]c(Cc2[nH]c(C(=O)c3ccccc3)c(C)c2CC)c1CC. The Balaban J connectivity index is 1.99. The van der Waals surface area contributed by atoms with Crippen molar-refractivity contribution in [2.45, 2.75) is 53.4 Å². The molecule has 1 aromatic carbocycles. The number of carbonyl (C=O) groups excluding carboxylic acids is 1. The number of hydrogen-bond donors (Lipinski definition) is 2. The number of carbonyl (C=O) groups is 1. The molecule has 0 saturated carbocycles. The summed E-state index contributed by atoms with van der Waals surface area (Å²) in [5, 5.41) is 0. The fraction of sp³-hybridized carbons (Fsp3) is 0.348. The summed E-state index contributed by atoms with van der Waals surface area (Å²) in [6.07, 6.45) is 5.93. The van der Waals surface area contributed by atoms with Crippen LogP contribution in [0.2, 0.25) is 0 Å². The fourth-order valence-electron chi connectivity index (χ4n) is 3.92. The quantitative estimate of drug-likeness (QED) is 0.569. The lowest BCUT2D eigenvalue weighted by molar-refractivity contribution is 0.103. The number of rotatable bonds is 7. The topological polar surface area (TPSA) is 48.6 Å². The molecule has 0 amide bonds. The lowest BCUT2D eigenvalue weighted by atomic mass is 9.99. The second kappa shape index (κ2) is 7.77. The summed E-state index contributed by atoms with van der Waals surface area (Å²) >= 11 is 0. The lowest BCUT2D eigenvalue weighted by Crippen LogP contribution is -2.03. The maximum atomic E-state index is 12.9. The largest absolute Gasteiger partial charge is 0.364 e. The highest BCUT2D eigenvalue weighted by atomic mass is 16.1. The summed E-state index contributed by atoms with van der Waals surface area (Å²) in [5.41, 5.74) is 9.03. The monoisotopic (exact) mass is 348 g/mol. The van der Waals surface area contributed by atoms with Crippen molar-refractivity contribution in [3.05, 3.63) is 81.4 Å². The van der Waals surface area contributed by atoms with E-state index in [1.807, 2.05) is 30.3 Å². The number of nitrogens with one attached hydrogen (secondary N) is 2. The summed E-state index contributed by atoms with van der Waals surface area (Å²) in [5.74, 6) is 0.0699. The molecule has 2 heterocycles. The Labute approximate surface area is 155 Å². The van der Waals surface area contributed by atoms with Crippen LogP contribution in [0.5, 0.6) is 0 Å². The van der Waals surface area contributed by atoms with Crippen molar-refractivity contribution >= 4 is 5.78 Å². The first-order valence-corrected chi connectivity index (χ1v) is 9.58.